The summed E-state index contributed by atoms with van der Waals surface area (Å²) in [5.41, 5.74) is 1.12. The van der Waals surface area contributed by atoms with Crippen LogP contribution in [0.1, 0.15) is 28.8 Å². The Labute approximate surface area is 178 Å². The normalized spacial score (nSPS) is 15.3. The molecule has 1 amide bonds. The van der Waals surface area contributed by atoms with E-state index in [2.05, 4.69) is 21.0 Å². The van der Waals surface area contributed by atoms with Gasteiger partial charge in [-0.2, -0.15) is 5.26 Å². The SMILES string of the molecule is N#CC1(Cc2cc(F)cc(F)c2)CCN(C(=O)c2cccnc2-c2ccncn2)CC1. The van der Waals surface area contributed by atoms with Crippen molar-refractivity contribution in [2.75, 3.05) is 13.1 Å². The Balaban J connectivity index is 1.51. The lowest BCUT2D eigenvalue weighted by Gasteiger charge is -2.37. The predicted molar refractivity (Wildman–Crippen MR) is 109 cm³/mol. The number of rotatable bonds is 4. The summed E-state index contributed by atoms with van der Waals surface area (Å²) in [6, 6.07) is 10.7. The number of nitrogens with zero attached hydrogens (tertiary/aromatic N) is 5. The van der Waals surface area contributed by atoms with Crippen LogP contribution in [0.25, 0.3) is 11.4 Å². The van der Waals surface area contributed by atoms with E-state index in [0.29, 0.717) is 48.4 Å². The van der Waals surface area contributed by atoms with E-state index in [9.17, 15) is 18.8 Å². The summed E-state index contributed by atoms with van der Waals surface area (Å²) in [5, 5.41) is 9.81. The largest absolute Gasteiger partial charge is 0.338 e. The van der Waals surface area contributed by atoms with Crippen molar-refractivity contribution in [3.8, 4) is 17.5 Å². The van der Waals surface area contributed by atoms with Crippen LogP contribution in [-0.4, -0.2) is 38.8 Å². The standard InChI is InChI=1S/C23H19F2N5O/c24-17-10-16(11-18(25)12-17)13-23(14-26)4-8-30(9-5-23)22(31)19-2-1-6-28-21(19)20-3-7-27-15-29-20/h1-3,6-7,10-12,15H,4-5,8-9,13H2. The van der Waals surface area contributed by atoms with E-state index in [-0.39, 0.29) is 12.3 Å². The highest BCUT2D eigenvalue weighted by Gasteiger charge is 2.37. The Morgan fingerprint density at radius 2 is 1.84 bits per heavy atom. The van der Waals surface area contributed by atoms with E-state index in [0.717, 1.165) is 6.07 Å². The smallest absolute Gasteiger partial charge is 0.256 e. The van der Waals surface area contributed by atoms with Crippen LogP contribution in [-0.2, 0) is 6.42 Å². The van der Waals surface area contributed by atoms with Crippen molar-refractivity contribution in [1.82, 2.24) is 19.9 Å². The third-order valence-corrected chi connectivity index (χ3v) is 5.57. The molecule has 0 radical (unpaired) electrons. The molecule has 0 saturated carbocycles. The lowest BCUT2D eigenvalue weighted by Crippen LogP contribution is -2.43. The molecule has 0 aliphatic carbocycles. The van der Waals surface area contributed by atoms with Crippen molar-refractivity contribution >= 4 is 5.91 Å². The van der Waals surface area contributed by atoms with Crippen LogP contribution in [0.2, 0.25) is 0 Å². The highest BCUT2D eigenvalue weighted by molar-refractivity contribution is 5.99. The minimum absolute atomic E-state index is 0.190. The van der Waals surface area contributed by atoms with Gasteiger partial charge in [0.15, 0.2) is 0 Å². The van der Waals surface area contributed by atoms with E-state index in [4.69, 9.17) is 0 Å². The van der Waals surface area contributed by atoms with Crippen LogP contribution in [0.4, 0.5) is 8.78 Å². The van der Waals surface area contributed by atoms with Crippen molar-refractivity contribution < 1.29 is 13.6 Å². The summed E-state index contributed by atoms with van der Waals surface area (Å²) >= 11 is 0. The van der Waals surface area contributed by atoms with Crippen molar-refractivity contribution in [2.45, 2.75) is 19.3 Å². The second-order valence-electron chi connectivity index (χ2n) is 7.63. The lowest BCUT2D eigenvalue weighted by atomic mass is 9.75. The first-order chi connectivity index (χ1) is 15.0. The summed E-state index contributed by atoms with van der Waals surface area (Å²) in [6.07, 6.45) is 5.65. The number of hydrogen-bond acceptors (Lipinski definition) is 5. The highest BCUT2D eigenvalue weighted by atomic mass is 19.1. The van der Waals surface area contributed by atoms with Gasteiger partial charge in [0, 0.05) is 31.5 Å². The number of pyridine rings is 1. The molecule has 1 saturated heterocycles. The molecule has 1 aliphatic rings. The number of carbonyl (C=O) groups is 1. The molecule has 4 rings (SSSR count). The number of piperidine rings is 1. The molecule has 0 atom stereocenters. The average Bonchev–Trinajstić information content (AvgIpc) is 2.79. The Morgan fingerprint density at radius 1 is 1.10 bits per heavy atom. The van der Waals surface area contributed by atoms with Gasteiger partial charge in [-0.05, 0) is 55.2 Å². The second kappa shape index (κ2) is 8.56. The van der Waals surface area contributed by atoms with Gasteiger partial charge in [-0.25, -0.2) is 18.7 Å². The Bertz CT molecular complexity index is 1120. The number of benzene rings is 1. The fraction of sp³-hybridized carbons (Fsp3) is 0.261. The number of aromatic nitrogens is 3. The van der Waals surface area contributed by atoms with E-state index >= 15 is 0 Å². The van der Waals surface area contributed by atoms with Gasteiger partial charge in [0.25, 0.3) is 5.91 Å². The number of amides is 1. The van der Waals surface area contributed by atoms with Gasteiger partial charge >= 0.3 is 0 Å². The van der Waals surface area contributed by atoms with Gasteiger partial charge in [-0.3, -0.25) is 9.78 Å². The van der Waals surface area contributed by atoms with E-state index in [1.54, 1.807) is 35.5 Å². The zero-order chi connectivity index (χ0) is 21.8. The quantitative estimate of drug-likeness (QED) is 0.642. The molecule has 1 aromatic carbocycles. The molecule has 0 N–H and O–H groups in total. The Kier molecular flexibility index (Phi) is 5.67. The first-order valence-corrected chi connectivity index (χ1v) is 9.87. The molecule has 3 aromatic rings. The maximum atomic E-state index is 13.6. The Morgan fingerprint density at radius 3 is 2.48 bits per heavy atom. The predicted octanol–water partition coefficient (Wildman–Crippen LogP) is 3.81. The van der Waals surface area contributed by atoms with Gasteiger partial charge in [-0.15, -0.1) is 0 Å². The molecule has 0 bridgehead atoms. The molecule has 8 heteroatoms. The van der Waals surface area contributed by atoms with Gasteiger partial charge in [0.2, 0.25) is 0 Å². The van der Waals surface area contributed by atoms with Crippen LogP contribution in [0.15, 0.2) is 55.1 Å². The highest BCUT2D eigenvalue weighted by Crippen LogP contribution is 2.35. The van der Waals surface area contributed by atoms with Gasteiger partial charge in [0.05, 0.1) is 22.7 Å². The van der Waals surface area contributed by atoms with Gasteiger partial charge < -0.3 is 4.90 Å². The molecule has 3 heterocycles. The van der Waals surface area contributed by atoms with Crippen molar-refractivity contribution in [1.29, 1.82) is 5.26 Å². The summed E-state index contributed by atoms with van der Waals surface area (Å²) in [7, 11) is 0. The zero-order valence-corrected chi connectivity index (χ0v) is 16.6. The van der Waals surface area contributed by atoms with Crippen molar-refractivity contribution in [2.24, 2.45) is 5.41 Å². The lowest BCUT2D eigenvalue weighted by molar-refractivity contribution is 0.0647. The zero-order valence-electron chi connectivity index (χ0n) is 16.6. The molecule has 6 nitrogen and oxygen atoms in total. The fourth-order valence-electron chi connectivity index (χ4n) is 3.95. The van der Waals surface area contributed by atoms with Crippen LogP contribution in [0, 0.1) is 28.4 Å². The van der Waals surface area contributed by atoms with E-state index < -0.39 is 17.0 Å². The van der Waals surface area contributed by atoms with Crippen LogP contribution in [0.5, 0.6) is 0 Å². The van der Waals surface area contributed by atoms with Gasteiger partial charge in [-0.1, -0.05) is 0 Å². The summed E-state index contributed by atoms with van der Waals surface area (Å²) in [5.74, 6) is -1.51. The van der Waals surface area contributed by atoms with Crippen LogP contribution >= 0.6 is 0 Å². The molecule has 2 aromatic heterocycles. The second-order valence-corrected chi connectivity index (χ2v) is 7.63. The summed E-state index contributed by atoms with van der Waals surface area (Å²) in [6.45, 7) is 0.727. The number of likely N-dealkylation sites (tertiary alicyclic amines) is 1. The fourth-order valence-corrected chi connectivity index (χ4v) is 3.95. The topological polar surface area (TPSA) is 82.8 Å². The Hall–Kier alpha value is -3.73. The van der Waals surface area contributed by atoms with Crippen molar-refractivity contribution in [3.05, 3.63) is 77.9 Å². The maximum absolute atomic E-state index is 13.6. The molecule has 0 unspecified atom stereocenters. The molecule has 1 fully saturated rings. The maximum Gasteiger partial charge on any atom is 0.256 e. The third-order valence-electron chi connectivity index (χ3n) is 5.57. The molecule has 156 valence electrons. The number of carbonyl (C=O) groups excluding carboxylic acids is 1. The van der Waals surface area contributed by atoms with Crippen LogP contribution < -0.4 is 0 Å². The first kappa shape index (κ1) is 20.5. The molecule has 31 heavy (non-hydrogen) atoms. The van der Waals surface area contributed by atoms with Crippen LogP contribution in [0.3, 0.4) is 0 Å². The van der Waals surface area contributed by atoms with Gasteiger partial charge in [0.1, 0.15) is 23.7 Å². The van der Waals surface area contributed by atoms with Crippen molar-refractivity contribution in [3.63, 3.8) is 0 Å². The third kappa shape index (κ3) is 4.40. The van der Waals surface area contributed by atoms with E-state index in [1.807, 2.05) is 0 Å². The summed E-state index contributed by atoms with van der Waals surface area (Å²) < 4.78 is 27.1. The molecular weight excluding hydrogens is 400 g/mol. The number of halogens is 2. The number of nitriles is 1. The van der Waals surface area contributed by atoms with E-state index in [1.165, 1.54) is 18.5 Å². The molecule has 0 spiro atoms. The minimum Gasteiger partial charge on any atom is -0.338 e. The molecular formula is C23H19F2N5O. The average molecular weight is 419 g/mol. The first-order valence-electron chi connectivity index (χ1n) is 9.87. The summed E-state index contributed by atoms with van der Waals surface area (Å²) in [4.78, 5) is 27.3. The minimum atomic E-state index is -0.776. The number of hydrogen-bond donors (Lipinski definition) is 0. The monoisotopic (exact) mass is 419 g/mol. The molecule has 1 aliphatic heterocycles.